The summed E-state index contributed by atoms with van der Waals surface area (Å²) in [5.74, 6) is -1.85. The quantitative estimate of drug-likeness (QED) is 0.796. The van der Waals surface area contributed by atoms with Crippen LogP contribution in [-0.4, -0.2) is 49.3 Å². The highest BCUT2D eigenvalue weighted by Gasteiger charge is 2.34. The van der Waals surface area contributed by atoms with Crippen molar-refractivity contribution in [1.82, 2.24) is 4.31 Å². The van der Waals surface area contributed by atoms with Gasteiger partial charge in [0.1, 0.15) is 0 Å². The summed E-state index contributed by atoms with van der Waals surface area (Å²) in [6.07, 6.45) is 0.454. The van der Waals surface area contributed by atoms with Gasteiger partial charge in [-0.05, 0) is 18.8 Å². The number of halogens is 1. The second-order valence-electron chi connectivity index (χ2n) is 4.55. The molecule has 0 aromatic carbocycles. The molecule has 2 atom stereocenters. The van der Waals surface area contributed by atoms with Crippen molar-refractivity contribution in [1.29, 1.82) is 0 Å². The number of aliphatic carboxylic acids is 1. The topological polar surface area (TPSA) is 74.7 Å². The lowest BCUT2D eigenvalue weighted by Gasteiger charge is -2.33. The van der Waals surface area contributed by atoms with Crippen molar-refractivity contribution in [3.63, 3.8) is 0 Å². The first-order valence-electron chi connectivity index (χ1n) is 5.63. The lowest BCUT2D eigenvalue weighted by molar-refractivity contribution is -0.143. The van der Waals surface area contributed by atoms with Crippen LogP contribution < -0.4 is 0 Å². The Kier molecular flexibility index (Phi) is 4.88. The van der Waals surface area contributed by atoms with Crippen molar-refractivity contribution < 1.29 is 22.7 Å². The summed E-state index contributed by atoms with van der Waals surface area (Å²) in [7, 11) is -3.51. The molecule has 0 aromatic rings. The highest BCUT2D eigenvalue weighted by Crippen LogP contribution is 2.24. The van der Waals surface area contributed by atoms with E-state index in [0.717, 1.165) is 0 Å². The molecule has 1 aliphatic rings. The number of piperidine rings is 1. The van der Waals surface area contributed by atoms with Gasteiger partial charge in [0.05, 0.1) is 18.3 Å². The Morgan fingerprint density at radius 3 is 2.65 bits per heavy atom. The van der Waals surface area contributed by atoms with Gasteiger partial charge in [-0.3, -0.25) is 9.18 Å². The summed E-state index contributed by atoms with van der Waals surface area (Å²) in [6, 6.07) is 0. The lowest BCUT2D eigenvalue weighted by Crippen LogP contribution is -2.46. The van der Waals surface area contributed by atoms with Gasteiger partial charge in [-0.15, -0.1) is 0 Å². The third-order valence-corrected chi connectivity index (χ3v) is 4.79. The standard InChI is InChI=1S/C10H18FNO4S/c1-8-5-9(10(13)14)7-12(6-8)17(15,16)4-2-3-11/h8-9H,2-7H2,1H3,(H,13,14). The third-order valence-electron chi connectivity index (χ3n) is 2.90. The van der Waals surface area contributed by atoms with E-state index in [9.17, 15) is 17.6 Å². The number of alkyl halides is 1. The molecule has 1 aliphatic heterocycles. The fourth-order valence-electron chi connectivity index (χ4n) is 2.07. The van der Waals surface area contributed by atoms with Gasteiger partial charge in [-0.2, -0.15) is 0 Å². The Morgan fingerprint density at radius 1 is 1.47 bits per heavy atom. The summed E-state index contributed by atoms with van der Waals surface area (Å²) in [5, 5.41) is 8.93. The molecule has 0 aliphatic carbocycles. The minimum Gasteiger partial charge on any atom is -0.481 e. The molecule has 0 radical (unpaired) electrons. The van der Waals surface area contributed by atoms with Gasteiger partial charge in [0, 0.05) is 13.1 Å². The molecule has 0 spiro atoms. The monoisotopic (exact) mass is 267 g/mol. The van der Waals surface area contributed by atoms with Crippen LogP contribution in [0.3, 0.4) is 0 Å². The smallest absolute Gasteiger partial charge is 0.307 e. The minimum absolute atomic E-state index is 0.00823. The van der Waals surface area contributed by atoms with Crippen LogP contribution in [-0.2, 0) is 14.8 Å². The zero-order chi connectivity index (χ0) is 13.1. The number of rotatable bonds is 5. The number of hydrogen-bond donors (Lipinski definition) is 1. The summed E-state index contributed by atoms with van der Waals surface area (Å²) in [5.41, 5.74) is 0. The molecular formula is C10H18FNO4S. The number of nitrogens with zero attached hydrogens (tertiary/aromatic N) is 1. The van der Waals surface area contributed by atoms with E-state index in [1.54, 1.807) is 0 Å². The maximum Gasteiger partial charge on any atom is 0.307 e. The van der Waals surface area contributed by atoms with Crippen LogP contribution in [0.1, 0.15) is 19.8 Å². The van der Waals surface area contributed by atoms with Crippen LogP contribution in [0.2, 0.25) is 0 Å². The van der Waals surface area contributed by atoms with Crippen molar-refractivity contribution in [2.45, 2.75) is 19.8 Å². The molecule has 100 valence electrons. The second kappa shape index (κ2) is 5.77. The van der Waals surface area contributed by atoms with Crippen molar-refractivity contribution in [2.24, 2.45) is 11.8 Å². The average Bonchev–Trinajstić information content (AvgIpc) is 2.25. The van der Waals surface area contributed by atoms with E-state index in [0.29, 0.717) is 13.0 Å². The van der Waals surface area contributed by atoms with Gasteiger partial charge < -0.3 is 5.11 Å². The number of sulfonamides is 1. The van der Waals surface area contributed by atoms with Crippen LogP contribution in [0.5, 0.6) is 0 Å². The molecule has 2 unspecified atom stereocenters. The van der Waals surface area contributed by atoms with Gasteiger partial charge in [-0.1, -0.05) is 6.92 Å². The van der Waals surface area contributed by atoms with E-state index < -0.39 is 28.6 Å². The fourth-order valence-corrected chi connectivity index (χ4v) is 3.70. The Bertz CT molecular complexity index is 371. The first-order chi connectivity index (χ1) is 7.86. The molecule has 0 saturated carbocycles. The third kappa shape index (κ3) is 3.92. The van der Waals surface area contributed by atoms with E-state index in [2.05, 4.69) is 0 Å². The highest BCUT2D eigenvalue weighted by atomic mass is 32.2. The second-order valence-corrected chi connectivity index (χ2v) is 6.64. The van der Waals surface area contributed by atoms with Crippen LogP contribution in [0, 0.1) is 11.8 Å². The van der Waals surface area contributed by atoms with Gasteiger partial charge in [0.15, 0.2) is 0 Å². The van der Waals surface area contributed by atoms with E-state index >= 15 is 0 Å². The lowest BCUT2D eigenvalue weighted by atomic mass is 9.92. The van der Waals surface area contributed by atoms with Crippen LogP contribution in [0.4, 0.5) is 4.39 Å². The maximum absolute atomic E-state index is 12.0. The molecule has 0 aromatic heterocycles. The largest absolute Gasteiger partial charge is 0.481 e. The number of carboxylic acid groups (broad SMARTS) is 1. The SMILES string of the molecule is CC1CC(C(=O)O)CN(S(=O)(=O)CCCF)C1. The Labute approximate surface area is 101 Å². The summed E-state index contributed by atoms with van der Waals surface area (Å²) in [4.78, 5) is 10.9. The number of carboxylic acids is 1. The van der Waals surface area contributed by atoms with E-state index in [-0.39, 0.29) is 24.6 Å². The van der Waals surface area contributed by atoms with Crippen LogP contribution in [0.25, 0.3) is 0 Å². The fraction of sp³-hybridized carbons (Fsp3) is 0.900. The molecule has 1 fully saturated rings. The van der Waals surface area contributed by atoms with Crippen molar-refractivity contribution in [3.8, 4) is 0 Å². The zero-order valence-corrected chi connectivity index (χ0v) is 10.6. The zero-order valence-electron chi connectivity index (χ0n) is 9.80. The molecule has 7 heteroatoms. The predicted molar refractivity (Wildman–Crippen MR) is 60.9 cm³/mol. The highest BCUT2D eigenvalue weighted by molar-refractivity contribution is 7.89. The number of carbonyl (C=O) groups is 1. The predicted octanol–water partition coefficient (Wildman–Crippen LogP) is 0.718. The van der Waals surface area contributed by atoms with Crippen molar-refractivity contribution in [3.05, 3.63) is 0 Å². The molecule has 17 heavy (non-hydrogen) atoms. The molecular weight excluding hydrogens is 249 g/mol. The van der Waals surface area contributed by atoms with Gasteiger partial charge >= 0.3 is 5.97 Å². The summed E-state index contributed by atoms with van der Waals surface area (Å²) >= 11 is 0. The molecule has 1 N–H and O–H groups in total. The molecule has 0 amide bonds. The first kappa shape index (κ1) is 14.4. The van der Waals surface area contributed by atoms with E-state index in [1.807, 2.05) is 6.92 Å². The minimum atomic E-state index is -3.51. The molecule has 5 nitrogen and oxygen atoms in total. The van der Waals surface area contributed by atoms with Crippen LogP contribution >= 0.6 is 0 Å². The first-order valence-corrected chi connectivity index (χ1v) is 7.24. The molecule has 1 saturated heterocycles. The van der Waals surface area contributed by atoms with Crippen molar-refractivity contribution >= 4 is 16.0 Å². The Hall–Kier alpha value is -0.690. The number of hydrogen-bond acceptors (Lipinski definition) is 3. The molecule has 1 rings (SSSR count). The Balaban J connectivity index is 2.73. The summed E-state index contributed by atoms with van der Waals surface area (Å²) < 4.78 is 36.8. The molecule has 0 bridgehead atoms. The van der Waals surface area contributed by atoms with Gasteiger partial charge in [0.2, 0.25) is 10.0 Å². The Morgan fingerprint density at radius 2 is 2.12 bits per heavy atom. The van der Waals surface area contributed by atoms with Crippen LogP contribution in [0.15, 0.2) is 0 Å². The van der Waals surface area contributed by atoms with E-state index in [1.165, 1.54) is 4.31 Å². The van der Waals surface area contributed by atoms with Crippen molar-refractivity contribution in [2.75, 3.05) is 25.5 Å². The summed E-state index contributed by atoms with van der Waals surface area (Å²) in [6.45, 7) is 1.49. The molecule has 1 heterocycles. The normalized spacial score (nSPS) is 26.9. The van der Waals surface area contributed by atoms with Gasteiger partial charge in [-0.25, -0.2) is 12.7 Å². The maximum atomic E-state index is 12.0. The van der Waals surface area contributed by atoms with E-state index in [4.69, 9.17) is 5.11 Å². The van der Waals surface area contributed by atoms with Gasteiger partial charge in [0.25, 0.3) is 0 Å². The average molecular weight is 267 g/mol.